The summed E-state index contributed by atoms with van der Waals surface area (Å²) in [6, 6.07) is 10.3. The lowest BCUT2D eigenvalue weighted by molar-refractivity contribution is 0.190. The van der Waals surface area contributed by atoms with Gasteiger partial charge in [0.1, 0.15) is 0 Å². The van der Waals surface area contributed by atoms with Crippen LogP contribution in [0.5, 0.6) is 0 Å². The third-order valence-electron chi connectivity index (χ3n) is 5.12. The highest BCUT2D eigenvalue weighted by molar-refractivity contribution is 7.85. The molecule has 1 saturated heterocycles. The predicted octanol–water partition coefficient (Wildman–Crippen LogP) is 1.82. The van der Waals surface area contributed by atoms with Gasteiger partial charge in [-0.15, -0.1) is 0 Å². The average molecular weight is 335 g/mol. The summed E-state index contributed by atoms with van der Waals surface area (Å²) in [7, 11) is -0.876. The van der Waals surface area contributed by atoms with Crippen molar-refractivity contribution in [2.75, 3.05) is 43.9 Å². The van der Waals surface area contributed by atoms with Crippen molar-refractivity contribution in [3.63, 3.8) is 0 Å². The molecule has 0 spiro atoms. The molecule has 1 aromatic carbocycles. The molecule has 0 radical (unpaired) electrons. The van der Waals surface area contributed by atoms with Crippen molar-refractivity contribution in [3.8, 4) is 0 Å². The van der Waals surface area contributed by atoms with Crippen molar-refractivity contribution >= 4 is 22.5 Å². The standard InChI is InChI=1S/C17H25N3O2S/c1-23(22)17(8-5-9-17)14-18-16(21)20-12-10-19(11-13-20)15-6-3-2-4-7-15/h2-4,6-7H,5,8-14H2,1H3,(H,18,21). The van der Waals surface area contributed by atoms with Crippen LogP contribution in [0.15, 0.2) is 30.3 Å². The molecular weight excluding hydrogens is 310 g/mol. The van der Waals surface area contributed by atoms with Crippen molar-refractivity contribution in [2.24, 2.45) is 0 Å². The van der Waals surface area contributed by atoms with Gasteiger partial charge in [0.25, 0.3) is 0 Å². The monoisotopic (exact) mass is 335 g/mol. The molecule has 6 heteroatoms. The second-order valence-corrected chi connectivity index (χ2v) is 8.23. The van der Waals surface area contributed by atoms with E-state index in [1.807, 2.05) is 23.1 Å². The number of carbonyl (C=O) groups excluding carboxylic acids is 1. The lowest BCUT2D eigenvalue weighted by atomic mass is 9.84. The fourth-order valence-corrected chi connectivity index (χ4v) is 4.43. The molecule has 1 saturated carbocycles. The molecule has 1 aliphatic heterocycles. The average Bonchev–Trinajstić information content (AvgIpc) is 2.54. The van der Waals surface area contributed by atoms with Crippen LogP contribution in [-0.4, -0.2) is 58.9 Å². The Morgan fingerprint density at radius 1 is 1.17 bits per heavy atom. The lowest BCUT2D eigenvalue weighted by Gasteiger charge is -2.41. The van der Waals surface area contributed by atoms with Crippen molar-refractivity contribution in [2.45, 2.75) is 24.0 Å². The largest absolute Gasteiger partial charge is 0.368 e. The summed E-state index contributed by atoms with van der Waals surface area (Å²) < 4.78 is 11.7. The molecule has 0 aromatic heterocycles. The summed E-state index contributed by atoms with van der Waals surface area (Å²) in [5.41, 5.74) is 1.21. The van der Waals surface area contributed by atoms with Gasteiger partial charge in [0.05, 0.1) is 4.75 Å². The second-order valence-electron chi connectivity index (χ2n) is 6.46. The van der Waals surface area contributed by atoms with Crippen molar-refractivity contribution < 1.29 is 9.00 Å². The number of para-hydroxylation sites is 1. The van der Waals surface area contributed by atoms with Crippen LogP contribution in [0.4, 0.5) is 10.5 Å². The summed E-state index contributed by atoms with van der Waals surface area (Å²) in [6.45, 7) is 3.68. The van der Waals surface area contributed by atoms with Crippen LogP contribution in [0.2, 0.25) is 0 Å². The van der Waals surface area contributed by atoms with E-state index in [0.717, 1.165) is 45.4 Å². The number of rotatable bonds is 4. The number of hydrogen-bond donors (Lipinski definition) is 1. The molecule has 2 amide bonds. The number of nitrogens with one attached hydrogen (secondary N) is 1. The zero-order chi connectivity index (χ0) is 16.3. The number of carbonyl (C=O) groups is 1. The maximum absolute atomic E-state index is 12.3. The van der Waals surface area contributed by atoms with Gasteiger partial charge in [-0.05, 0) is 25.0 Å². The molecule has 1 atom stereocenters. The summed E-state index contributed by atoms with van der Waals surface area (Å²) in [5.74, 6) is 0. The Kier molecular flexibility index (Phi) is 4.90. The first-order valence-corrected chi connectivity index (χ1v) is 9.83. The van der Waals surface area contributed by atoms with E-state index in [-0.39, 0.29) is 10.8 Å². The van der Waals surface area contributed by atoms with Crippen LogP contribution < -0.4 is 10.2 Å². The number of hydrogen-bond acceptors (Lipinski definition) is 3. The second kappa shape index (κ2) is 6.91. The molecule has 126 valence electrons. The van der Waals surface area contributed by atoms with E-state index < -0.39 is 10.8 Å². The summed E-state index contributed by atoms with van der Waals surface area (Å²) in [4.78, 5) is 16.5. The number of amides is 2. The van der Waals surface area contributed by atoms with Gasteiger partial charge in [-0.2, -0.15) is 0 Å². The molecule has 1 heterocycles. The van der Waals surface area contributed by atoms with Gasteiger partial charge in [-0.1, -0.05) is 24.6 Å². The Bertz CT molecular complexity index is 566. The van der Waals surface area contributed by atoms with E-state index >= 15 is 0 Å². The smallest absolute Gasteiger partial charge is 0.317 e. The van der Waals surface area contributed by atoms with Crippen LogP contribution in [0.3, 0.4) is 0 Å². The molecule has 3 rings (SSSR count). The molecule has 23 heavy (non-hydrogen) atoms. The molecule has 1 N–H and O–H groups in total. The number of piperazine rings is 1. The van der Waals surface area contributed by atoms with Crippen LogP contribution in [0, 0.1) is 0 Å². The number of anilines is 1. The normalized spacial score (nSPS) is 21.4. The van der Waals surface area contributed by atoms with Crippen LogP contribution in [0.25, 0.3) is 0 Å². The summed E-state index contributed by atoms with van der Waals surface area (Å²) >= 11 is 0. The van der Waals surface area contributed by atoms with Crippen molar-refractivity contribution in [1.82, 2.24) is 10.2 Å². The zero-order valence-corrected chi connectivity index (χ0v) is 14.5. The Hall–Kier alpha value is -1.56. The fourth-order valence-electron chi connectivity index (χ4n) is 3.29. The molecule has 2 fully saturated rings. The van der Waals surface area contributed by atoms with E-state index in [2.05, 4.69) is 22.3 Å². The Balaban J connectivity index is 1.48. The highest BCUT2D eigenvalue weighted by atomic mass is 32.2. The lowest BCUT2D eigenvalue weighted by Crippen LogP contribution is -2.56. The zero-order valence-electron chi connectivity index (χ0n) is 13.7. The van der Waals surface area contributed by atoms with Crippen LogP contribution in [0.1, 0.15) is 19.3 Å². The van der Waals surface area contributed by atoms with E-state index in [1.165, 1.54) is 5.69 Å². The highest BCUT2D eigenvalue weighted by Crippen LogP contribution is 2.36. The maximum Gasteiger partial charge on any atom is 0.317 e. The third kappa shape index (κ3) is 3.52. The van der Waals surface area contributed by atoms with Crippen molar-refractivity contribution in [1.29, 1.82) is 0 Å². The van der Waals surface area contributed by atoms with Gasteiger partial charge in [-0.3, -0.25) is 4.21 Å². The van der Waals surface area contributed by atoms with Gasteiger partial charge in [-0.25, -0.2) is 4.79 Å². The Morgan fingerprint density at radius 2 is 1.83 bits per heavy atom. The number of urea groups is 1. The molecule has 1 aromatic rings. The molecular formula is C17H25N3O2S. The quantitative estimate of drug-likeness (QED) is 0.913. The van der Waals surface area contributed by atoms with E-state index in [9.17, 15) is 9.00 Å². The number of benzene rings is 1. The van der Waals surface area contributed by atoms with Gasteiger partial charge in [0.15, 0.2) is 0 Å². The molecule has 2 aliphatic rings. The maximum atomic E-state index is 12.3. The SMILES string of the molecule is CS(=O)C1(CNC(=O)N2CCN(c3ccccc3)CC2)CCC1. The predicted molar refractivity (Wildman–Crippen MR) is 94.3 cm³/mol. The number of nitrogens with zero attached hydrogens (tertiary/aromatic N) is 2. The fraction of sp³-hybridized carbons (Fsp3) is 0.588. The third-order valence-corrected chi connectivity index (χ3v) is 6.90. The first-order chi connectivity index (χ1) is 11.1. The van der Waals surface area contributed by atoms with Gasteiger partial charge < -0.3 is 15.1 Å². The molecule has 5 nitrogen and oxygen atoms in total. The van der Waals surface area contributed by atoms with Gasteiger partial charge in [0.2, 0.25) is 0 Å². The first kappa shape index (κ1) is 16.3. The Morgan fingerprint density at radius 3 is 2.35 bits per heavy atom. The van der Waals surface area contributed by atoms with Gasteiger partial charge >= 0.3 is 6.03 Å². The minimum absolute atomic E-state index is 0.0190. The van der Waals surface area contributed by atoms with E-state index in [1.54, 1.807) is 6.26 Å². The first-order valence-electron chi connectivity index (χ1n) is 8.27. The molecule has 0 bridgehead atoms. The van der Waals surface area contributed by atoms with Gasteiger partial charge in [0, 0.05) is 55.5 Å². The highest BCUT2D eigenvalue weighted by Gasteiger charge is 2.41. The van der Waals surface area contributed by atoms with Crippen molar-refractivity contribution in [3.05, 3.63) is 30.3 Å². The summed E-state index contributed by atoms with van der Waals surface area (Å²) in [6.07, 6.45) is 4.78. The minimum atomic E-state index is -0.876. The van der Waals surface area contributed by atoms with Crippen LogP contribution >= 0.6 is 0 Å². The van der Waals surface area contributed by atoms with E-state index in [0.29, 0.717) is 6.54 Å². The Labute approximate surface area is 140 Å². The van der Waals surface area contributed by atoms with Crippen LogP contribution in [-0.2, 0) is 10.8 Å². The topological polar surface area (TPSA) is 52.7 Å². The van der Waals surface area contributed by atoms with E-state index in [4.69, 9.17) is 0 Å². The summed E-state index contributed by atoms with van der Waals surface area (Å²) in [5, 5.41) is 3.01. The molecule has 1 aliphatic carbocycles. The minimum Gasteiger partial charge on any atom is -0.368 e. The molecule has 1 unspecified atom stereocenters.